The number of carbonyl (C=O) groups is 1. The summed E-state index contributed by atoms with van der Waals surface area (Å²) in [5.74, 6) is -1.27. The zero-order valence-corrected chi connectivity index (χ0v) is 15.3. The number of para-hydroxylation sites is 1. The number of aromatic nitrogens is 2. The van der Waals surface area contributed by atoms with Crippen molar-refractivity contribution in [3.05, 3.63) is 74.1 Å². The highest BCUT2D eigenvalue weighted by Crippen LogP contribution is 2.19. The van der Waals surface area contributed by atoms with Crippen LogP contribution >= 0.6 is 11.6 Å². The van der Waals surface area contributed by atoms with Crippen molar-refractivity contribution < 1.29 is 9.18 Å². The smallest absolute Gasteiger partial charge is 0.322 e. The maximum Gasteiger partial charge on any atom is 0.331 e. The summed E-state index contributed by atoms with van der Waals surface area (Å²) >= 11 is 5.70. The molecule has 27 heavy (non-hydrogen) atoms. The van der Waals surface area contributed by atoms with Gasteiger partial charge in [0.15, 0.2) is 0 Å². The standard InChI is InChI=1S/C19H17ClFN3O3/c1-2-9-23-18(26)13-5-3-4-6-16(13)24(19(23)27)11-17(25)22-15-8-7-12(20)10-14(15)21/h3-8,10H,2,9,11H2,1H3,(H,22,25). The van der Waals surface area contributed by atoms with E-state index in [0.29, 0.717) is 17.3 Å². The predicted octanol–water partition coefficient (Wildman–Crippen LogP) is 3.00. The molecule has 140 valence electrons. The topological polar surface area (TPSA) is 73.1 Å². The van der Waals surface area contributed by atoms with Gasteiger partial charge in [0.05, 0.1) is 16.6 Å². The Morgan fingerprint density at radius 2 is 1.89 bits per heavy atom. The highest BCUT2D eigenvalue weighted by molar-refractivity contribution is 6.30. The first kappa shape index (κ1) is 18.8. The number of amides is 1. The molecule has 0 unspecified atom stereocenters. The third-order valence-corrected chi connectivity index (χ3v) is 4.32. The average molecular weight is 390 g/mol. The summed E-state index contributed by atoms with van der Waals surface area (Å²) in [6, 6.07) is 10.5. The van der Waals surface area contributed by atoms with Crippen LogP contribution in [0, 0.1) is 5.82 Å². The van der Waals surface area contributed by atoms with Crippen LogP contribution in [0.2, 0.25) is 5.02 Å². The summed E-state index contributed by atoms with van der Waals surface area (Å²) in [5.41, 5.74) is -0.652. The van der Waals surface area contributed by atoms with E-state index in [-0.39, 0.29) is 23.8 Å². The second-order valence-electron chi connectivity index (χ2n) is 6.02. The molecule has 0 atom stereocenters. The first-order valence-electron chi connectivity index (χ1n) is 8.39. The summed E-state index contributed by atoms with van der Waals surface area (Å²) in [5, 5.41) is 2.98. The number of hydrogen-bond acceptors (Lipinski definition) is 3. The van der Waals surface area contributed by atoms with Crippen molar-refractivity contribution in [2.45, 2.75) is 26.4 Å². The molecule has 0 saturated carbocycles. The number of fused-ring (bicyclic) bond motifs is 1. The van der Waals surface area contributed by atoms with E-state index < -0.39 is 23.0 Å². The molecule has 1 amide bonds. The fraction of sp³-hybridized carbons (Fsp3) is 0.211. The van der Waals surface area contributed by atoms with E-state index in [2.05, 4.69) is 5.32 Å². The lowest BCUT2D eigenvalue weighted by atomic mass is 10.2. The third kappa shape index (κ3) is 3.78. The number of halogens is 2. The average Bonchev–Trinajstić information content (AvgIpc) is 2.64. The Labute approximate surface area is 158 Å². The molecule has 8 heteroatoms. The molecule has 1 N–H and O–H groups in total. The Morgan fingerprint density at radius 1 is 1.15 bits per heavy atom. The second-order valence-corrected chi connectivity index (χ2v) is 6.45. The van der Waals surface area contributed by atoms with Crippen LogP contribution in [0.3, 0.4) is 0 Å². The lowest BCUT2D eigenvalue weighted by Crippen LogP contribution is -2.41. The van der Waals surface area contributed by atoms with Crippen LogP contribution in [0.4, 0.5) is 10.1 Å². The zero-order chi connectivity index (χ0) is 19.6. The highest BCUT2D eigenvalue weighted by atomic mass is 35.5. The van der Waals surface area contributed by atoms with E-state index in [1.54, 1.807) is 24.3 Å². The predicted molar refractivity (Wildman–Crippen MR) is 103 cm³/mol. The first-order valence-corrected chi connectivity index (χ1v) is 8.77. The Morgan fingerprint density at radius 3 is 2.59 bits per heavy atom. The van der Waals surface area contributed by atoms with Crippen LogP contribution in [0.1, 0.15) is 13.3 Å². The number of benzene rings is 2. The van der Waals surface area contributed by atoms with Gasteiger partial charge in [0.2, 0.25) is 5.91 Å². The summed E-state index contributed by atoms with van der Waals surface area (Å²) in [6.45, 7) is 1.74. The summed E-state index contributed by atoms with van der Waals surface area (Å²) in [6.07, 6.45) is 0.593. The molecule has 0 fully saturated rings. The Balaban J connectivity index is 2.02. The molecule has 0 aliphatic carbocycles. The molecule has 3 rings (SSSR count). The van der Waals surface area contributed by atoms with Crippen molar-refractivity contribution in [3.8, 4) is 0 Å². The van der Waals surface area contributed by atoms with Gasteiger partial charge in [-0.1, -0.05) is 30.7 Å². The minimum Gasteiger partial charge on any atom is -0.322 e. The number of nitrogens with one attached hydrogen (secondary N) is 1. The Hall–Kier alpha value is -2.93. The fourth-order valence-corrected chi connectivity index (χ4v) is 3.03. The number of nitrogens with zero attached hydrogens (tertiary/aromatic N) is 2. The highest BCUT2D eigenvalue weighted by Gasteiger charge is 2.15. The van der Waals surface area contributed by atoms with Gasteiger partial charge >= 0.3 is 5.69 Å². The molecule has 0 aliphatic rings. The van der Waals surface area contributed by atoms with Crippen molar-refractivity contribution in [1.82, 2.24) is 9.13 Å². The van der Waals surface area contributed by atoms with Crippen molar-refractivity contribution >= 4 is 34.1 Å². The van der Waals surface area contributed by atoms with Gasteiger partial charge in [0, 0.05) is 11.6 Å². The van der Waals surface area contributed by atoms with Gasteiger partial charge in [-0.05, 0) is 36.8 Å². The van der Waals surface area contributed by atoms with Crippen molar-refractivity contribution in [3.63, 3.8) is 0 Å². The molecule has 0 radical (unpaired) electrons. The summed E-state index contributed by atoms with van der Waals surface area (Å²) < 4.78 is 16.2. The van der Waals surface area contributed by atoms with Gasteiger partial charge in [-0.15, -0.1) is 0 Å². The summed E-state index contributed by atoms with van der Waals surface area (Å²) in [4.78, 5) is 37.7. The van der Waals surface area contributed by atoms with Gasteiger partial charge in [-0.25, -0.2) is 9.18 Å². The van der Waals surface area contributed by atoms with Crippen molar-refractivity contribution in [1.29, 1.82) is 0 Å². The molecular formula is C19H17ClFN3O3. The minimum atomic E-state index is -0.677. The third-order valence-electron chi connectivity index (χ3n) is 4.09. The van der Waals surface area contributed by atoms with Gasteiger partial charge in [-0.2, -0.15) is 0 Å². The number of anilines is 1. The van der Waals surface area contributed by atoms with Crippen LogP contribution in [-0.2, 0) is 17.9 Å². The van der Waals surface area contributed by atoms with Gasteiger partial charge in [0.25, 0.3) is 5.56 Å². The van der Waals surface area contributed by atoms with Crippen LogP contribution in [0.5, 0.6) is 0 Å². The van der Waals surface area contributed by atoms with Crippen LogP contribution in [0.15, 0.2) is 52.1 Å². The molecule has 1 aromatic heterocycles. The van der Waals surface area contributed by atoms with Crippen molar-refractivity contribution in [2.75, 3.05) is 5.32 Å². The minimum absolute atomic E-state index is 0.0383. The monoisotopic (exact) mass is 389 g/mol. The van der Waals surface area contributed by atoms with E-state index in [0.717, 1.165) is 10.6 Å². The molecule has 0 aliphatic heterocycles. The van der Waals surface area contributed by atoms with Crippen LogP contribution in [-0.4, -0.2) is 15.0 Å². The van der Waals surface area contributed by atoms with Crippen LogP contribution < -0.4 is 16.6 Å². The fourth-order valence-electron chi connectivity index (χ4n) is 2.87. The van der Waals surface area contributed by atoms with Crippen LogP contribution in [0.25, 0.3) is 10.9 Å². The molecule has 2 aromatic carbocycles. The Bertz CT molecular complexity index is 1140. The lowest BCUT2D eigenvalue weighted by molar-refractivity contribution is -0.116. The molecular weight excluding hydrogens is 373 g/mol. The zero-order valence-electron chi connectivity index (χ0n) is 14.5. The molecule has 1 heterocycles. The maximum absolute atomic E-state index is 13.9. The maximum atomic E-state index is 13.9. The van der Waals surface area contributed by atoms with Crippen molar-refractivity contribution in [2.24, 2.45) is 0 Å². The van der Waals surface area contributed by atoms with E-state index in [4.69, 9.17) is 11.6 Å². The lowest BCUT2D eigenvalue weighted by Gasteiger charge is -2.14. The SMILES string of the molecule is CCCn1c(=O)c2ccccc2n(CC(=O)Nc2ccc(Cl)cc2F)c1=O. The molecule has 0 bridgehead atoms. The Kier molecular flexibility index (Phi) is 5.41. The van der Waals surface area contributed by atoms with Gasteiger partial charge in [-0.3, -0.25) is 18.7 Å². The summed E-state index contributed by atoms with van der Waals surface area (Å²) in [7, 11) is 0. The molecule has 6 nitrogen and oxygen atoms in total. The van der Waals surface area contributed by atoms with Gasteiger partial charge in [0.1, 0.15) is 12.4 Å². The molecule has 0 spiro atoms. The number of carbonyl (C=O) groups excluding carboxylic acids is 1. The normalized spacial score (nSPS) is 10.9. The van der Waals surface area contributed by atoms with E-state index in [9.17, 15) is 18.8 Å². The van der Waals surface area contributed by atoms with E-state index in [1.165, 1.54) is 16.7 Å². The number of hydrogen-bond donors (Lipinski definition) is 1. The second kappa shape index (κ2) is 7.75. The quantitative estimate of drug-likeness (QED) is 0.729. The molecule has 0 saturated heterocycles. The van der Waals surface area contributed by atoms with Gasteiger partial charge < -0.3 is 5.32 Å². The first-order chi connectivity index (χ1) is 12.9. The molecule has 3 aromatic rings. The largest absolute Gasteiger partial charge is 0.331 e. The van der Waals surface area contributed by atoms with E-state index in [1.807, 2.05) is 6.92 Å². The number of rotatable bonds is 5. The van der Waals surface area contributed by atoms with E-state index >= 15 is 0 Å².